The lowest BCUT2D eigenvalue weighted by Gasteiger charge is -2.09. The summed E-state index contributed by atoms with van der Waals surface area (Å²) in [6, 6.07) is 11.6. The predicted octanol–water partition coefficient (Wildman–Crippen LogP) is 8.22. The van der Waals surface area contributed by atoms with Crippen LogP contribution in [0.4, 0.5) is 0 Å². The van der Waals surface area contributed by atoms with Gasteiger partial charge in [0.1, 0.15) is 0 Å². The number of nitrogens with two attached hydrogens (primary N) is 2. The van der Waals surface area contributed by atoms with Gasteiger partial charge in [-0.15, -0.1) is 0 Å². The van der Waals surface area contributed by atoms with Gasteiger partial charge < -0.3 is 22.1 Å². The maximum Gasteiger partial charge on any atom is 0.179 e. The topological polar surface area (TPSA) is 144 Å². The molecule has 0 amide bonds. The van der Waals surface area contributed by atoms with Gasteiger partial charge in [-0.2, -0.15) is 0 Å². The van der Waals surface area contributed by atoms with Gasteiger partial charge >= 0.3 is 0 Å². The summed E-state index contributed by atoms with van der Waals surface area (Å²) >= 11 is 17.8. The van der Waals surface area contributed by atoms with Crippen LogP contribution < -0.4 is 22.1 Å². The number of halogens is 3. The molecule has 0 saturated heterocycles. The fourth-order valence-electron chi connectivity index (χ4n) is 5.16. The zero-order valence-electron chi connectivity index (χ0n) is 29.3. The Morgan fingerprint density at radius 3 is 1.35 bits per heavy atom. The van der Waals surface area contributed by atoms with E-state index in [0.717, 1.165) is 90.6 Å². The number of benzene rings is 2. The Morgan fingerprint density at radius 1 is 0.469 bits per heavy atom. The minimum atomic E-state index is -3.43. The van der Waals surface area contributed by atoms with Crippen LogP contribution in [-0.4, -0.2) is 67.6 Å². The highest BCUT2D eigenvalue weighted by atomic mass is 35.5. The fraction of sp³-hybridized carbons (Fsp3) is 0.667. The van der Waals surface area contributed by atoms with Gasteiger partial charge in [-0.05, 0) is 102 Å². The van der Waals surface area contributed by atoms with Gasteiger partial charge in [-0.25, -0.2) is 16.8 Å². The van der Waals surface area contributed by atoms with Crippen LogP contribution in [0.2, 0.25) is 15.1 Å². The van der Waals surface area contributed by atoms with E-state index in [1.807, 2.05) is 6.07 Å². The summed E-state index contributed by atoms with van der Waals surface area (Å²) < 4.78 is 49.0. The van der Waals surface area contributed by atoms with Crippen LogP contribution in [0.25, 0.3) is 0 Å². The molecule has 282 valence electrons. The Kier molecular flexibility index (Phi) is 26.9. The molecule has 0 unspecified atom stereocenters. The van der Waals surface area contributed by atoms with Crippen molar-refractivity contribution in [3.63, 3.8) is 0 Å². The summed E-state index contributed by atoms with van der Waals surface area (Å²) in [4.78, 5) is 0.512. The summed E-state index contributed by atoms with van der Waals surface area (Å²) in [5.41, 5.74) is 10.9. The van der Waals surface area contributed by atoms with Crippen LogP contribution in [0.5, 0.6) is 0 Å². The van der Waals surface area contributed by atoms with E-state index >= 15 is 0 Å². The van der Waals surface area contributed by atoms with E-state index in [9.17, 15) is 16.8 Å². The quantitative estimate of drug-likeness (QED) is 0.0500. The number of hydrogen-bond donors (Lipinski definition) is 4. The smallest absolute Gasteiger partial charge is 0.179 e. The lowest BCUT2D eigenvalue weighted by molar-refractivity contribution is 0.555. The van der Waals surface area contributed by atoms with E-state index in [1.165, 1.54) is 57.1 Å². The van der Waals surface area contributed by atoms with Crippen molar-refractivity contribution in [2.24, 2.45) is 11.5 Å². The molecule has 0 aromatic heterocycles. The highest BCUT2D eigenvalue weighted by molar-refractivity contribution is 7.91. The standard InChI is InChI=1S/C18H29Cl3N2O2S.C18H32N2O2S/c19-15-9-10-16(18(21)17(15)20)26(24,25)14-7-5-3-1-2-4-6-12-23-13-8-11-22;19-14-11-16-20-15-9-4-2-1-3-5-10-17-23(21,22)18-12-7-6-8-13-18/h9-10,23H,1-8,11-14,22H2;6-8,12-13,20H,1-5,9-11,14-17,19H2. The Hall–Kier alpha value is -0.950. The normalized spacial score (nSPS) is 11.8. The molecule has 13 heteroatoms. The van der Waals surface area contributed by atoms with Crippen molar-refractivity contribution < 1.29 is 16.8 Å². The molecule has 0 aliphatic heterocycles. The van der Waals surface area contributed by atoms with Crippen molar-refractivity contribution in [1.82, 2.24) is 10.6 Å². The number of hydrogen-bond acceptors (Lipinski definition) is 8. The second-order valence-electron chi connectivity index (χ2n) is 12.4. The highest BCUT2D eigenvalue weighted by Gasteiger charge is 2.21. The summed E-state index contributed by atoms with van der Waals surface area (Å²) in [5.74, 6) is 0.345. The summed E-state index contributed by atoms with van der Waals surface area (Å²) in [7, 11) is -6.52. The minimum Gasteiger partial charge on any atom is -0.330 e. The molecule has 2 rings (SSSR count). The van der Waals surface area contributed by atoms with Gasteiger partial charge in [0.2, 0.25) is 0 Å². The maximum atomic E-state index is 12.4. The van der Waals surface area contributed by atoms with Crippen molar-refractivity contribution >= 4 is 54.5 Å². The van der Waals surface area contributed by atoms with Gasteiger partial charge in [0.15, 0.2) is 19.7 Å². The van der Waals surface area contributed by atoms with Gasteiger partial charge in [0.25, 0.3) is 0 Å². The SMILES string of the molecule is NCCCNCCCCCCCCCS(=O)(=O)c1ccc(Cl)c(Cl)c1Cl.NCCCNCCCCCCCCCS(=O)(=O)c1ccccc1. The first-order chi connectivity index (χ1) is 23.6. The molecule has 0 saturated carbocycles. The van der Waals surface area contributed by atoms with E-state index in [0.29, 0.717) is 11.3 Å². The minimum absolute atomic E-state index is 0.0132. The van der Waals surface area contributed by atoms with E-state index in [-0.39, 0.29) is 31.5 Å². The van der Waals surface area contributed by atoms with E-state index in [2.05, 4.69) is 10.6 Å². The molecule has 2 aromatic carbocycles. The second-order valence-corrected chi connectivity index (χ2v) is 17.7. The van der Waals surface area contributed by atoms with Crippen molar-refractivity contribution in [2.45, 2.75) is 113 Å². The van der Waals surface area contributed by atoms with Crippen molar-refractivity contribution in [1.29, 1.82) is 0 Å². The Labute approximate surface area is 312 Å². The number of unbranched alkanes of at least 4 members (excludes halogenated alkanes) is 12. The Bertz CT molecular complexity index is 1340. The monoisotopic (exact) mass is 782 g/mol. The molecular formula is C36H61Cl3N4O4S2. The molecule has 0 spiro atoms. The molecule has 49 heavy (non-hydrogen) atoms. The van der Waals surface area contributed by atoms with Gasteiger partial charge in [0.05, 0.1) is 36.4 Å². The van der Waals surface area contributed by atoms with Crippen LogP contribution in [0, 0.1) is 0 Å². The fourth-order valence-corrected chi connectivity index (χ4v) is 8.95. The van der Waals surface area contributed by atoms with E-state index in [1.54, 1.807) is 24.3 Å². The third-order valence-corrected chi connectivity index (χ3v) is 13.1. The van der Waals surface area contributed by atoms with Gasteiger partial charge in [-0.3, -0.25) is 0 Å². The Morgan fingerprint density at radius 2 is 0.878 bits per heavy atom. The summed E-state index contributed by atoms with van der Waals surface area (Å²) in [5, 5.41) is 7.11. The number of sulfone groups is 2. The van der Waals surface area contributed by atoms with Crippen molar-refractivity contribution in [3.8, 4) is 0 Å². The Balaban J connectivity index is 0.000000494. The van der Waals surface area contributed by atoms with Crippen LogP contribution >= 0.6 is 34.8 Å². The first kappa shape index (κ1) is 46.1. The van der Waals surface area contributed by atoms with Gasteiger partial charge in [-0.1, -0.05) is 117 Å². The molecule has 0 radical (unpaired) electrons. The first-order valence-electron chi connectivity index (χ1n) is 18.0. The third kappa shape index (κ3) is 21.9. The van der Waals surface area contributed by atoms with Crippen molar-refractivity contribution in [2.75, 3.05) is 50.8 Å². The molecule has 6 N–H and O–H groups in total. The molecule has 0 bridgehead atoms. The lowest BCUT2D eigenvalue weighted by atomic mass is 10.1. The van der Waals surface area contributed by atoms with Gasteiger partial charge in [0, 0.05) is 0 Å². The van der Waals surface area contributed by atoms with Crippen molar-refractivity contribution in [3.05, 3.63) is 57.5 Å². The maximum absolute atomic E-state index is 12.4. The average molecular weight is 784 g/mol. The van der Waals surface area contributed by atoms with Crippen LogP contribution in [0.3, 0.4) is 0 Å². The van der Waals surface area contributed by atoms with Crippen LogP contribution in [-0.2, 0) is 19.7 Å². The van der Waals surface area contributed by atoms with Crippen LogP contribution in [0.1, 0.15) is 103 Å². The molecule has 0 fully saturated rings. The molecule has 0 heterocycles. The first-order valence-corrected chi connectivity index (χ1v) is 22.5. The number of rotatable bonds is 28. The highest BCUT2D eigenvalue weighted by Crippen LogP contribution is 2.35. The molecule has 0 aliphatic carbocycles. The predicted molar refractivity (Wildman–Crippen MR) is 210 cm³/mol. The summed E-state index contributed by atoms with van der Waals surface area (Å²) in [6.45, 7) is 5.63. The molecule has 2 aromatic rings. The molecule has 0 atom stereocenters. The zero-order valence-corrected chi connectivity index (χ0v) is 33.2. The lowest BCUT2D eigenvalue weighted by Crippen LogP contribution is -2.19. The average Bonchev–Trinajstić information content (AvgIpc) is 3.08. The summed E-state index contributed by atoms with van der Waals surface area (Å²) in [6.07, 6.45) is 17.1. The number of nitrogens with one attached hydrogen (secondary N) is 2. The van der Waals surface area contributed by atoms with E-state index < -0.39 is 19.7 Å². The second kappa shape index (κ2) is 28.6. The molecule has 0 aliphatic rings. The zero-order chi connectivity index (χ0) is 36.2. The van der Waals surface area contributed by atoms with E-state index in [4.69, 9.17) is 46.3 Å². The third-order valence-electron chi connectivity index (χ3n) is 8.09. The molecule has 8 nitrogen and oxygen atoms in total. The largest absolute Gasteiger partial charge is 0.330 e. The van der Waals surface area contributed by atoms with Crippen LogP contribution in [0.15, 0.2) is 52.3 Å². The molecular weight excluding hydrogens is 723 g/mol.